The first-order valence-corrected chi connectivity index (χ1v) is 5.38. The van der Waals surface area contributed by atoms with Gasteiger partial charge in [0, 0.05) is 5.56 Å². The molecule has 86 valence electrons. The van der Waals surface area contributed by atoms with Gasteiger partial charge in [0.2, 0.25) is 0 Å². The van der Waals surface area contributed by atoms with E-state index in [4.69, 9.17) is 21.5 Å². The average molecular weight is 248 g/mol. The molecule has 2 aromatic rings. The molecule has 0 aliphatic heterocycles. The molecule has 3 nitrogen and oxygen atoms in total. The summed E-state index contributed by atoms with van der Waals surface area (Å²) in [5.74, 6) is 1.37. The summed E-state index contributed by atoms with van der Waals surface area (Å²) in [6, 6.07) is 16.4. The highest BCUT2D eigenvalue weighted by atomic mass is 35.5. The van der Waals surface area contributed by atoms with E-state index < -0.39 is 0 Å². The molecule has 0 atom stereocenters. The zero-order valence-electron chi connectivity index (χ0n) is 8.88. The second kappa shape index (κ2) is 5.37. The van der Waals surface area contributed by atoms with E-state index in [9.17, 15) is 0 Å². The van der Waals surface area contributed by atoms with Crippen molar-refractivity contribution in [3.63, 3.8) is 0 Å². The van der Waals surface area contributed by atoms with E-state index >= 15 is 0 Å². The van der Waals surface area contributed by atoms with Gasteiger partial charge in [0.1, 0.15) is 11.5 Å². The van der Waals surface area contributed by atoms with Gasteiger partial charge in [-0.05, 0) is 24.3 Å². The van der Waals surface area contributed by atoms with Gasteiger partial charge in [0.25, 0.3) is 0 Å². The van der Waals surface area contributed by atoms with Gasteiger partial charge < -0.3 is 9.94 Å². The Kier molecular flexibility index (Phi) is 3.62. The molecule has 2 aromatic carbocycles. The van der Waals surface area contributed by atoms with E-state index in [0.29, 0.717) is 11.3 Å². The molecule has 0 aromatic heterocycles. The van der Waals surface area contributed by atoms with E-state index in [2.05, 4.69) is 5.16 Å². The van der Waals surface area contributed by atoms with Gasteiger partial charge in [-0.3, -0.25) is 0 Å². The Balaban J connectivity index is 2.23. The maximum Gasteiger partial charge on any atom is 0.175 e. The number of ether oxygens (including phenoxy) is 1. The highest BCUT2D eigenvalue weighted by molar-refractivity contribution is 6.69. The molecule has 0 fully saturated rings. The smallest absolute Gasteiger partial charge is 0.175 e. The highest BCUT2D eigenvalue weighted by Gasteiger charge is 2.03. The fourth-order valence-corrected chi connectivity index (χ4v) is 1.49. The van der Waals surface area contributed by atoms with Crippen LogP contribution < -0.4 is 4.74 Å². The van der Waals surface area contributed by atoms with Crippen molar-refractivity contribution in [3.8, 4) is 11.5 Å². The predicted octanol–water partition coefficient (Wildman–Crippen LogP) is 3.85. The fraction of sp³-hybridized carbons (Fsp3) is 0. The zero-order chi connectivity index (χ0) is 12.1. The molecule has 0 heterocycles. The molecule has 0 radical (unpaired) electrons. The topological polar surface area (TPSA) is 41.8 Å². The summed E-state index contributed by atoms with van der Waals surface area (Å²) in [6.45, 7) is 0. The maximum atomic E-state index is 8.58. The number of rotatable bonds is 3. The number of para-hydroxylation sites is 1. The van der Waals surface area contributed by atoms with Crippen LogP contribution >= 0.6 is 11.6 Å². The van der Waals surface area contributed by atoms with E-state index in [-0.39, 0.29) is 5.17 Å². The van der Waals surface area contributed by atoms with Crippen molar-refractivity contribution in [2.75, 3.05) is 0 Å². The largest absolute Gasteiger partial charge is 0.457 e. The standard InChI is InChI=1S/C13H10ClNO2/c14-13(15-16)10-5-4-8-12(9-10)17-11-6-2-1-3-7-11/h1-9,16H/b15-13-. The third kappa shape index (κ3) is 2.98. The fourth-order valence-electron chi connectivity index (χ4n) is 1.37. The monoisotopic (exact) mass is 247 g/mol. The first kappa shape index (κ1) is 11.5. The summed E-state index contributed by atoms with van der Waals surface area (Å²) < 4.78 is 5.62. The second-order valence-corrected chi connectivity index (χ2v) is 3.69. The van der Waals surface area contributed by atoms with Gasteiger partial charge in [-0.1, -0.05) is 47.1 Å². The number of oxime groups is 1. The van der Waals surface area contributed by atoms with Crippen LogP contribution in [0.15, 0.2) is 59.8 Å². The molecule has 0 aliphatic carbocycles. The van der Waals surface area contributed by atoms with Gasteiger partial charge in [-0.2, -0.15) is 0 Å². The molecule has 0 saturated heterocycles. The maximum absolute atomic E-state index is 8.58. The Labute approximate surface area is 104 Å². The molecule has 0 amide bonds. The SMILES string of the molecule is O/N=C(\Cl)c1cccc(Oc2ccccc2)c1. The summed E-state index contributed by atoms with van der Waals surface area (Å²) >= 11 is 5.71. The normalized spacial score (nSPS) is 11.2. The molecule has 2 rings (SSSR count). The van der Waals surface area contributed by atoms with E-state index in [1.807, 2.05) is 30.3 Å². The Morgan fingerprint density at radius 2 is 1.71 bits per heavy atom. The summed E-state index contributed by atoms with van der Waals surface area (Å²) in [4.78, 5) is 0. The third-order valence-corrected chi connectivity index (χ3v) is 2.43. The molecule has 0 saturated carbocycles. The lowest BCUT2D eigenvalue weighted by Crippen LogP contribution is -1.92. The minimum atomic E-state index is 0.0310. The molecule has 17 heavy (non-hydrogen) atoms. The minimum Gasteiger partial charge on any atom is -0.457 e. The highest BCUT2D eigenvalue weighted by Crippen LogP contribution is 2.22. The van der Waals surface area contributed by atoms with Crippen molar-refractivity contribution in [2.24, 2.45) is 5.16 Å². The van der Waals surface area contributed by atoms with E-state index in [1.54, 1.807) is 24.3 Å². The zero-order valence-corrected chi connectivity index (χ0v) is 9.63. The Hall–Kier alpha value is -2.00. The molecule has 0 spiro atoms. The van der Waals surface area contributed by atoms with Gasteiger partial charge in [-0.25, -0.2) is 0 Å². The molecule has 1 N–H and O–H groups in total. The molecule has 4 heteroatoms. The van der Waals surface area contributed by atoms with Crippen LogP contribution in [0.2, 0.25) is 0 Å². The first-order chi connectivity index (χ1) is 8.29. The lowest BCUT2D eigenvalue weighted by Gasteiger charge is -2.06. The number of benzene rings is 2. The van der Waals surface area contributed by atoms with Crippen molar-refractivity contribution < 1.29 is 9.94 Å². The summed E-state index contributed by atoms with van der Waals surface area (Å²) in [5, 5.41) is 11.5. The third-order valence-electron chi connectivity index (χ3n) is 2.14. The van der Waals surface area contributed by atoms with Gasteiger partial charge >= 0.3 is 0 Å². The lowest BCUT2D eigenvalue weighted by molar-refractivity contribution is 0.321. The molecule has 0 aliphatic rings. The van der Waals surface area contributed by atoms with Crippen LogP contribution in [0.5, 0.6) is 11.5 Å². The van der Waals surface area contributed by atoms with E-state index in [1.165, 1.54) is 0 Å². The van der Waals surface area contributed by atoms with Crippen molar-refractivity contribution >= 4 is 16.8 Å². The molecular weight excluding hydrogens is 238 g/mol. The number of nitrogens with zero attached hydrogens (tertiary/aromatic N) is 1. The molecule has 0 unspecified atom stereocenters. The Bertz CT molecular complexity index is 526. The minimum absolute atomic E-state index is 0.0310. The van der Waals surface area contributed by atoms with Crippen molar-refractivity contribution in [1.82, 2.24) is 0 Å². The quantitative estimate of drug-likeness (QED) is 0.508. The van der Waals surface area contributed by atoms with Crippen LogP contribution in [-0.4, -0.2) is 10.4 Å². The first-order valence-electron chi connectivity index (χ1n) is 5.00. The van der Waals surface area contributed by atoms with Gasteiger partial charge in [0.15, 0.2) is 5.17 Å². The Morgan fingerprint density at radius 1 is 1.00 bits per heavy atom. The van der Waals surface area contributed by atoms with Gasteiger partial charge in [0.05, 0.1) is 0 Å². The second-order valence-electron chi connectivity index (χ2n) is 3.33. The van der Waals surface area contributed by atoms with E-state index in [0.717, 1.165) is 5.75 Å². The van der Waals surface area contributed by atoms with Crippen LogP contribution in [0.25, 0.3) is 0 Å². The van der Waals surface area contributed by atoms with Crippen molar-refractivity contribution in [3.05, 3.63) is 60.2 Å². The van der Waals surface area contributed by atoms with Gasteiger partial charge in [-0.15, -0.1) is 0 Å². The molecular formula is C13H10ClNO2. The average Bonchev–Trinajstić information content (AvgIpc) is 2.39. The number of halogens is 1. The van der Waals surface area contributed by atoms with Crippen LogP contribution in [0.3, 0.4) is 0 Å². The van der Waals surface area contributed by atoms with Crippen LogP contribution in [-0.2, 0) is 0 Å². The van der Waals surface area contributed by atoms with Crippen LogP contribution in [0, 0.1) is 0 Å². The number of hydrogen-bond acceptors (Lipinski definition) is 3. The molecule has 0 bridgehead atoms. The van der Waals surface area contributed by atoms with Crippen LogP contribution in [0.4, 0.5) is 0 Å². The Morgan fingerprint density at radius 3 is 2.41 bits per heavy atom. The van der Waals surface area contributed by atoms with Crippen molar-refractivity contribution in [1.29, 1.82) is 0 Å². The summed E-state index contributed by atoms with van der Waals surface area (Å²) in [5.41, 5.74) is 0.600. The summed E-state index contributed by atoms with van der Waals surface area (Å²) in [6.07, 6.45) is 0. The lowest BCUT2D eigenvalue weighted by atomic mass is 10.2. The number of hydrogen-bond donors (Lipinski definition) is 1. The van der Waals surface area contributed by atoms with Crippen molar-refractivity contribution in [2.45, 2.75) is 0 Å². The predicted molar refractivity (Wildman–Crippen MR) is 67.1 cm³/mol. The summed E-state index contributed by atoms with van der Waals surface area (Å²) in [7, 11) is 0. The van der Waals surface area contributed by atoms with Crippen LogP contribution in [0.1, 0.15) is 5.56 Å².